The van der Waals surface area contributed by atoms with Gasteiger partial charge in [-0.2, -0.15) is 4.99 Å². The average Bonchev–Trinajstić information content (AvgIpc) is 2.57. The van der Waals surface area contributed by atoms with Crippen LogP contribution in [-0.4, -0.2) is 11.1 Å². The third kappa shape index (κ3) is 2.57. The lowest BCUT2D eigenvalue weighted by molar-refractivity contribution is 0.497. The normalized spacial score (nSPS) is 10.7. The minimum absolute atomic E-state index is 0.209. The molecule has 6 heteroatoms. The van der Waals surface area contributed by atoms with Gasteiger partial charge in [0.25, 0.3) is 0 Å². The highest BCUT2D eigenvalue weighted by atomic mass is 19.2. The zero-order chi connectivity index (χ0) is 17.3. The SMILES string of the molecule is CCc1c(N=C=O)cnc2c(-c3cc(F)cc(F)c3F)cccc12. The van der Waals surface area contributed by atoms with Gasteiger partial charge in [-0.1, -0.05) is 25.1 Å². The number of hydrogen-bond donors (Lipinski definition) is 0. The van der Waals surface area contributed by atoms with Crippen molar-refractivity contribution in [3.8, 4) is 11.1 Å². The molecule has 0 amide bonds. The van der Waals surface area contributed by atoms with Crippen molar-refractivity contribution in [3.05, 3.63) is 59.5 Å². The van der Waals surface area contributed by atoms with Crippen molar-refractivity contribution < 1.29 is 18.0 Å². The summed E-state index contributed by atoms with van der Waals surface area (Å²) < 4.78 is 41.2. The van der Waals surface area contributed by atoms with Crippen LogP contribution in [0.2, 0.25) is 0 Å². The van der Waals surface area contributed by atoms with Crippen LogP contribution in [0, 0.1) is 17.5 Å². The van der Waals surface area contributed by atoms with Gasteiger partial charge in [0.05, 0.1) is 17.4 Å². The largest absolute Gasteiger partial charge is 0.253 e. The number of pyridine rings is 1. The van der Waals surface area contributed by atoms with Crippen LogP contribution in [0.3, 0.4) is 0 Å². The van der Waals surface area contributed by atoms with Gasteiger partial charge >= 0.3 is 0 Å². The lowest BCUT2D eigenvalue weighted by Gasteiger charge is -2.11. The molecule has 24 heavy (non-hydrogen) atoms. The van der Waals surface area contributed by atoms with Gasteiger partial charge in [-0.15, -0.1) is 0 Å². The summed E-state index contributed by atoms with van der Waals surface area (Å²) in [4.78, 5) is 18.3. The fourth-order valence-corrected chi connectivity index (χ4v) is 2.75. The molecule has 0 aliphatic rings. The molecular formula is C18H11F3N2O. The Morgan fingerprint density at radius 3 is 2.67 bits per heavy atom. The van der Waals surface area contributed by atoms with E-state index >= 15 is 0 Å². The Hall–Kier alpha value is -2.98. The van der Waals surface area contributed by atoms with Crippen LogP contribution in [-0.2, 0) is 11.2 Å². The topological polar surface area (TPSA) is 42.3 Å². The number of aliphatic imine (C=N–C) groups is 1. The Kier molecular flexibility index (Phi) is 4.15. The summed E-state index contributed by atoms with van der Waals surface area (Å²) in [5, 5.41) is 0.635. The molecule has 0 bridgehead atoms. The molecule has 0 unspecified atom stereocenters. The first-order chi connectivity index (χ1) is 11.6. The van der Waals surface area contributed by atoms with Crippen LogP contribution in [0.5, 0.6) is 0 Å². The molecule has 0 saturated carbocycles. The van der Waals surface area contributed by atoms with Crippen LogP contribution in [0.15, 0.2) is 41.5 Å². The van der Waals surface area contributed by atoms with E-state index in [1.807, 2.05) is 6.92 Å². The number of rotatable bonds is 3. The minimum Gasteiger partial charge on any atom is -0.253 e. The van der Waals surface area contributed by atoms with E-state index in [2.05, 4.69) is 9.98 Å². The number of carbonyl (C=O) groups excluding carboxylic acids is 1. The van der Waals surface area contributed by atoms with Gasteiger partial charge in [0.2, 0.25) is 6.08 Å². The van der Waals surface area contributed by atoms with Crippen LogP contribution in [0.25, 0.3) is 22.0 Å². The minimum atomic E-state index is -1.26. The van der Waals surface area contributed by atoms with Crippen molar-refractivity contribution in [2.24, 2.45) is 4.99 Å². The Balaban J connectivity index is 2.38. The quantitative estimate of drug-likeness (QED) is 0.392. The van der Waals surface area contributed by atoms with E-state index in [1.165, 1.54) is 18.3 Å². The van der Waals surface area contributed by atoms with E-state index in [0.717, 1.165) is 11.6 Å². The van der Waals surface area contributed by atoms with Crippen molar-refractivity contribution in [1.82, 2.24) is 4.98 Å². The molecule has 0 atom stereocenters. The monoisotopic (exact) mass is 328 g/mol. The molecule has 0 saturated heterocycles. The van der Waals surface area contributed by atoms with E-state index in [-0.39, 0.29) is 11.1 Å². The number of hydrogen-bond acceptors (Lipinski definition) is 3. The van der Waals surface area contributed by atoms with Gasteiger partial charge in [0, 0.05) is 22.6 Å². The molecule has 0 N–H and O–H groups in total. The highest BCUT2D eigenvalue weighted by Crippen LogP contribution is 2.35. The van der Waals surface area contributed by atoms with Crippen LogP contribution >= 0.6 is 0 Å². The molecule has 2 aromatic carbocycles. The van der Waals surface area contributed by atoms with Gasteiger partial charge in [-0.25, -0.2) is 18.0 Å². The highest BCUT2D eigenvalue weighted by molar-refractivity contribution is 5.97. The summed E-state index contributed by atoms with van der Waals surface area (Å²) >= 11 is 0. The Morgan fingerprint density at radius 2 is 1.96 bits per heavy atom. The molecule has 1 heterocycles. The number of aromatic nitrogens is 1. The van der Waals surface area contributed by atoms with E-state index in [1.54, 1.807) is 12.1 Å². The average molecular weight is 328 g/mol. The second kappa shape index (κ2) is 6.26. The van der Waals surface area contributed by atoms with Gasteiger partial charge in [-0.3, -0.25) is 4.98 Å². The molecule has 0 radical (unpaired) electrons. The predicted octanol–water partition coefficient (Wildman–Crippen LogP) is 4.85. The third-order valence-corrected chi connectivity index (χ3v) is 3.79. The molecule has 1 aromatic heterocycles. The Bertz CT molecular complexity index is 995. The maximum atomic E-state index is 14.1. The van der Waals surface area contributed by atoms with Crippen LogP contribution < -0.4 is 0 Å². The number of halogens is 3. The fraction of sp³-hybridized carbons (Fsp3) is 0.111. The number of fused-ring (bicyclic) bond motifs is 1. The standard InChI is InChI=1S/C18H11F3N2O/c1-2-11-12-4-3-5-13(18(12)22-8-16(11)23-9-24)14-6-10(19)7-15(20)17(14)21/h3-8H,2H2,1H3. The second-order valence-corrected chi connectivity index (χ2v) is 5.13. The molecule has 0 aliphatic heterocycles. The van der Waals surface area contributed by atoms with Crippen LogP contribution in [0.4, 0.5) is 18.9 Å². The predicted molar refractivity (Wildman–Crippen MR) is 84.2 cm³/mol. The summed E-state index contributed by atoms with van der Waals surface area (Å²) in [7, 11) is 0. The summed E-state index contributed by atoms with van der Waals surface area (Å²) in [5.41, 5.74) is 1.52. The van der Waals surface area contributed by atoms with E-state index in [4.69, 9.17) is 0 Å². The van der Waals surface area contributed by atoms with Crippen molar-refractivity contribution in [3.63, 3.8) is 0 Å². The first kappa shape index (κ1) is 15.9. The zero-order valence-electron chi connectivity index (χ0n) is 12.6. The lowest BCUT2D eigenvalue weighted by atomic mass is 9.97. The Morgan fingerprint density at radius 1 is 1.17 bits per heavy atom. The van der Waals surface area contributed by atoms with Gasteiger partial charge < -0.3 is 0 Å². The maximum absolute atomic E-state index is 14.1. The smallest absolute Gasteiger partial charge is 0.240 e. The first-order valence-electron chi connectivity index (χ1n) is 7.20. The number of benzene rings is 2. The molecule has 3 nitrogen and oxygen atoms in total. The molecule has 0 spiro atoms. The molecule has 3 rings (SSSR count). The summed E-state index contributed by atoms with van der Waals surface area (Å²) in [6.07, 6.45) is 3.38. The molecule has 3 aromatic rings. The van der Waals surface area contributed by atoms with E-state index < -0.39 is 17.5 Å². The summed E-state index contributed by atoms with van der Waals surface area (Å²) in [6, 6.07) is 6.33. The molecule has 0 aliphatic carbocycles. The third-order valence-electron chi connectivity index (χ3n) is 3.79. The lowest BCUT2D eigenvalue weighted by Crippen LogP contribution is -1.95. The van der Waals surface area contributed by atoms with Gasteiger partial charge in [0.15, 0.2) is 11.6 Å². The van der Waals surface area contributed by atoms with Crippen molar-refractivity contribution in [2.75, 3.05) is 0 Å². The van der Waals surface area contributed by atoms with Crippen molar-refractivity contribution in [2.45, 2.75) is 13.3 Å². The van der Waals surface area contributed by atoms with E-state index in [0.29, 0.717) is 29.1 Å². The maximum Gasteiger partial charge on any atom is 0.240 e. The van der Waals surface area contributed by atoms with Gasteiger partial charge in [0.1, 0.15) is 5.82 Å². The number of nitrogens with zero attached hydrogens (tertiary/aromatic N) is 2. The summed E-state index contributed by atoms with van der Waals surface area (Å²) in [5.74, 6) is -3.28. The van der Waals surface area contributed by atoms with Crippen molar-refractivity contribution >= 4 is 22.7 Å². The van der Waals surface area contributed by atoms with Gasteiger partial charge in [-0.05, 0) is 18.1 Å². The summed E-state index contributed by atoms with van der Waals surface area (Å²) in [6.45, 7) is 1.87. The molecular weight excluding hydrogens is 317 g/mol. The first-order valence-corrected chi connectivity index (χ1v) is 7.20. The number of para-hydroxylation sites is 1. The highest BCUT2D eigenvalue weighted by Gasteiger charge is 2.17. The van der Waals surface area contributed by atoms with E-state index in [9.17, 15) is 18.0 Å². The van der Waals surface area contributed by atoms with Crippen molar-refractivity contribution in [1.29, 1.82) is 0 Å². The zero-order valence-corrected chi connectivity index (χ0v) is 12.6. The number of isocyanates is 1. The molecule has 0 fully saturated rings. The Labute approximate surface area is 135 Å². The number of aryl methyl sites for hydroxylation is 1. The fourth-order valence-electron chi connectivity index (χ4n) is 2.75. The molecule has 120 valence electrons. The van der Waals surface area contributed by atoms with Crippen LogP contribution in [0.1, 0.15) is 12.5 Å². The second-order valence-electron chi connectivity index (χ2n) is 5.13.